The number of likely N-dealkylation sites (N-methyl/N-ethyl adjacent to an activating group) is 1. The van der Waals surface area contributed by atoms with Crippen molar-refractivity contribution in [1.29, 1.82) is 0 Å². The minimum absolute atomic E-state index is 0.0374. The predicted molar refractivity (Wildman–Crippen MR) is 146 cm³/mol. The highest BCUT2D eigenvalue weighted by Crippen LogP contribution is 2.30. The van der Waals surface area contributed by atoms with E-state index in [2.05, 4.69) is 32.6 Å². The molecule has 9 heteroatoms. The summed E-state index contributed by atoms with van der Waals surface area (Å²) in [7, 11) is 2.15. The van der Waals surface area contributed by atoms with Gasteiger partial charge in [0, 0.05) is 36.9 Å². The second-order valence-electron chi connectivity index (χ2n) is 10.0. The normalized spacial score (nSPS) is 16.5. The summed E-state index contributed by atoms with van der Waals surface area (Å²) in [5, 5.41) is 12.1. The summed E-state index contributed by atoms with van der Waals surface area (Å²) >= 11 is 0. The quantitative estimate of drug-likeness (QED) is 0.418. The maximum atomic E-state index is 12.7. The monoisotopic (exact) mass is 496 g/mol. The molecule has 37 heavy (non-hydrogen) atoms. The average molecular weight is 497 g/mol. The Bertz CT molecular complexity index is 1430. The van der Waals surface area contributed by atoms with Gasteiger partial charge in [0.25, 0.3) is 5.91 Å². The highest BCUT2D eigenvalue weighted by Gasteiger charge is 2.24. The number of carbonyl (C=O) groups excluding carboxylic acids is 1. The predicted octanol–water partition coefficient (Wildman–Crippen LogP) is 3.90. The number of anilines is 3. The number of hydrogen-bond donors (Lipinski definition) is 2. The molecule has 1 aliphatic heterocycles. The zero-order chi connectivity index (χ0) is 25.4. The molecule has 9 nitrogen and oxygen atoms in total. The number of para-hydroxylation sites is 1. The summed E-state index contributed by atoms with van der Waals surface area (Å²) in [4.78, 5) is 27.3. The van der Waals surface area contributed by atoms with E-state index in [4.69, 9.17) is 9.97 Å². The van der Waals surface area contributed by atoms with Crippen molar-refractivity contribution in [2.75, 3.05) is 43.4 Å². The Hall–Kier alpha value is -3.98. The molecule has 0 spiro atoms. The second kappa shape index (κ2) is 9.82. The lowest BCUT2D eigenvalue weighted by atomic mass is 10.1. The van der Waals surface area contributed by atoms with Crippen molar-refractivity contribution in [3.63, 3.8) is 0 Å². The van der Waals surface area contributed by atoms with Crippen LogP contribution < -0.4 is 15.5 Å². The van der Waals surface area contributed by atoms with Gasteiger partial charge < -0.3 is 20.4 Å². The van der Waals surface area contributed by atoms with Gasteiger partial charge >= 0.3 is 0 Å². The van der Waals surface area contributed by atoms with Gasteiger partial charge in [0.1, 0.15) is 5.82 Å². The topological polar surface area (TPSA) is 91.2 Å². The van der Waals surface area contributed by atoms with E-state index in [1.54, 1.807) is 0 Å². The van der Waals surface area contributed by atoms with Gasteiger partial charge in [-0.15, -0.1) is 0 Å². The van der Waals surface area contributed by atoms with E-state index < -0.39 is 0 Å². The number of fused-ring (bicyclic) bond motifs is 1. The number of aryl methyl sites for hydroxylation is 1. The molecule has 0 radical (unpaired) electrons. The van der Waals surface area contributed by atoms with E-state index in [1.807, 2.05) is 66.3 Å². The highest BCUT2D eigenvalue weighted by molar-refractivity contribution is 5.96. The zero-order valence-electron chi connectivity index (χ0n) is 21.3. The van der Waals surface area contributed by atoms with Gasteiger partial charge in [-0.05, 0) is 69.6 Å². The highest BCUT2D eigenvalue weighted by atomic mass is 16.1. The lowest BCUT2D eigenvalue weighted by Gasteiger charge is -2.22. The van der Waals surface area contributed by atoms with Gasteiger partial charge in [-0.3, -0.25) is 4.79 Å². The largest absolute Gasteiger partial charge is 0.349 e. The SMILES string of the molecule is Cc1ccc(C(=O)NC2CC2)cc1Nc1nc(N2CCCN(C)CC2)nc2c1cnn2-c1ccccc1. The summed E-state index contributed by atoms with van der Waals surface area (Å²) in [5.41, 5.74) is 4.21. The average Bonchev–Trinajstić information content (AvgIpc) is 3.66. The Morgan fingerprint density at radius 3 is 2.65 bits per heavy atom. The lowest BCUT2D eigenvalue weighted by Crippen LogP contribution is -2.30. The number of rotatable bonds is 6. The number of amides is 1. The molecule has 2 N–H and O–H groups in total. The molecule has 190 valence electrons. The molecule has 0 unspecified atom stereocenters. The van der Waals surface area contributed by atoms with Crippen LogP contribution in [0.15, 0.2) is 54.7 Å². The molecule has 2 fully saturated rings. The Morgan fingerprint density at radius 2 is 1.84 bits per heavy atom. The molecule has 1 aliphatic carbocycles. The molecule has 3 heterocycles. The smallest absolute Gasteiger partial charge is 0.251 e. The molecule has 6 rings (SSSR count). The van der Waals surface area contributed by atoms with E-state index in [0.29, 0.717) is 23.4 Å². The molecule has 1 saturated heterocycles. The van der Waals surface area contributed by atoms with Gasteiger partial charge in [0.05, 0.1) is 17.3 Å². The third-order valence-electron chi connectivity index (χ3n) is 7.09. The van der Waals surface area contributed by atoms with Crippen molar-refractivity contribution < 1.29 is 4.79 Å². The van der Waals surface area contributed by atoms with Crippen LogP contribution in [-0.4, -0.2) is 69.8 Å². The second-order valence-corrected chi connectivity index (χ2v) is 10.0. The van der Waals surface area contributed by atoms with Crippen LogP contribution in [-0.2, 0) is 0 Å². The first-order valence-electron chi connectivity index (χ1n) is 13.0. The van der Waals surface area contributed by atoms with Crippen LogP contribution >= 0.6 is 0 Å². The summed E-state index contributed by atoms with van der Waals surface area (Å²) in [5.74, 6) is 1.33. The third kappa shape index (κ3) is 4.99. The number of carbonyl (C=O) groups is 1. The van der Waals surface area contributed by atoms with Gasteiger partial charge in [-0.2, -0.15) is 15.1 Å². The first-order chi connectivity index (χ1) is 18.0. The summed E-state index contributed by atoms with van der Waals surface area (Å²) < 4.78 is 1.86. The minimum atomic E-state index is -0.0374. The Kier molecular flexibility index (Phi) is 6.21. The van der Waals surface area contributed by atoms with Crippen LogP contribution in [0.1, 0.15) is 35.2 Å². The van der Waals surface area contributed by atoms with Crippen LogP contribution in [0.2, 0.25) is 0 Å². The van der Waals surface area contributed by atoms with Crippen molar-refractivity contribution in [1.82, 2.24) is 30.0 Å². The molecular weight excluding hydrogens is 464 g/mol. The van der Waals surface area contributed by atoms with Crippen molar-refractivity contribution in [3.8, 4) is 5.69 Å². The number of hydrogen-bond acceptors (Lipinski definition) is 7. The molecule has 0 bridgehead atoms. The van der Waals surface area contributed by atoms with Gasteiger partial charge in [0.15, 0.2) is 5.65 Å². The van der Waals surface area contributed by atoms with E-state index in [1.165, 1.54) is 0 Å². The molecule has 2 aromatic heterocycles. The van der Waals surface area contributed by atoms with Gasteiger partial charge in [0.2, 0.25) is 5.95 Å². The van der Waals surface area contributed by atoms with Crippen LogP contribution in [0.4, 0.5) is 17.5 Å². The maximum Gasteiger partial charge on any atom is 0.251 e. The zero-order valence-corrected chi connectivity index (χ0v) is 21.3. The molecule has 0 atom stereocenters. The molecule has 1 saturated carbocycles. The molecular formula is C28H32N8O. The lowest BCUT2D eigenvalue weighted by molar-refractivity contribution is 0.0951. The van der Waals surface area contributed by atoms with Gasteiger partial charge in [-0.25, -0.2) is 4.68 Å². The fourth-order valence-electron chi connectivity index (χ4n) is 4.66. The van der Waals surface area contributed by atoms with Crippen LogP contribution in [0.25, 0.3) is 16.7 Å². The minimum Gasteiger partial charge on any atom is -0.349 e. The molecule has 4 aromatic rings. The van der Waals surface area contributed by atoms with Crippen molar-refractivity contribution >= 4 is 34.4 Å². The van der Waals surface area contributed by atoms with Crippen molar-refractivity contribution in [2.45, 2.75) is 32.2 Å². The van der Waals surface area contributed by atoms with Crippen molar-refractivity contribution in [3.05, 3.63) is 65.9 Å². The van der Waals surface area contributed by atoms with Gasteiger partial charge in [-0.1, -0.05) is 24.3 Å². The molecule has 2 aromatic carbocycles. The maximum absolute atomic E-state index is 12.7. The number of nitrogens with zero attached hydrogens (tertiary/aromatic N) is 6. The number of aromatic nitrogens is 4. The molecule has 1 amide bonds. The molecule has 2 aliphatic rings. The van der Waals surface area contributed by atoms with E-state index in [0.717, 1.165) is 73.4 Å². The van der Waals surface area contributed by atoms with Crippen LogP contribution in [0, 0.1) is 6.92 Å². The van der Waals surface area contributed by atoms with Crippen LogP contribution in [0.5, 0.6) is 0 Å². The Morgan fingerprint density at radius 1 is 1.00 bits per heavy atom. The first kappa shape index (κ1) is 23.4. The van der Waals surface area contributed by atoms with E-state index in [-0.39, 0.29) is 5.91 Å². The third-order valence-corrected chi connectivity index (χ3v) is 7.09. The standard InChI is InChI=1S/C28H32N8O/c1-19-9-10-20(27(37)30-21-11-12-21)17-24(19)31-25-23-18-29-36(22-7-4-3-5-8-22)26(23)33-28(32-25)35-14-6-13-34(2)15-16-35/h3-5,7-10,17-18,21H,6,11-16H2,1-2H3,(H,30,37)(H,31,32,33). The fraction of sp³-hybridized carbons (Fsp3) is 0.357. The van der Waals surface area contributed by atoms with E-state index >= 15 is 0 Å². The first-order valence-corrected chi connectivity index (χ1v) is 13.0. The van der Waals surface area contributed by atoms with Crippen LogP contribution in [0.3, 0.4) is 0 Å². The Labute approximate surface area is 216 Å². The Balaban J connectivity index is 1.42. The van der Waals surface area contributed by atoms with Crippen molar-refractivity contribution in [2.24, 2.45) is 0 Å². The summed E-state index contributed by atoms with van der Waals surface area (Å²) in [6, 6.07) is 16.1. The summed E-state index contributed by atoms with van der Waals surface area (Å²) in [6.07, 6.45) is 4.98. The fourth-order valence-corrected chi connectivity index (χ4v) is 4.66. The summed E-state index contributed by atoms with van der Waals surface area (Å²) in [6.45, 7) is 5.80. The number of nitrogens with one attached hydrogen (secondary N) is 2. The van der Waals surface area contributed by atoms with E-state index in [9.17, 15) is 4.79 Å². The number of benzene rings is 2.